The fraction of sp³-hybridized carbons (Fsp3) is 0.538. The Morgan fingerprint density at radius 3 is 3.00 bits per heavy atom. The van der Waals surface area contributed by atoms with E-state index in [2.05, 4.69) is 11.9 Å². The Morgan fingerprint density at radius 2 is 2.31 bits per heavy atom. The van der Waals surface area contributed by atoms with Gasteiger partial charge in [0, 0.05) is 12.1 Å². The standard InChI is InChI=1S/C13H16FNO/c1-9-3-2-4-10(7-9)13(16)11-5-6-15-8-12(11)14/h5-6,8-10H,2-4,7H2,1H3. The highest BCUT2D eigenvalue weighted by Crippen LogP contribution is 2.31. The van der Waals surface area contributed by atoms with E-state index in [0.29, 0.717) is 5.92 Å². The SMILES string of the molecule is CC1CCCC(C(=O)c2ccncc2F)C1. The van der Waals surface area contributed by atoms with Gasteiger partial charge in [0.25, 0.3) is 0 Å². The van der Waals surface area contributed by atoms with Crippen molar-refractivity contribution in [2.75, 3.05) is 0 Å². The molecule has 0 saturated heterocycles. The van der Waals surface area contributed by atoms with Crippen molar-refractivity contribution < 1.29 is 9.18 Å². The van der Waals surface area contributed by atoms with Gasteiger partial charge in [0.15, 0.2) is 11.6 Å². The van der Waals surface area contributed by atoms with Crippen molar-refractivity contribution in [2.45, 2.75) is 32.6 Å². The zero-order chi connectivity index (χ0) is 11.5. The monoisotopic (exact) mass is 221 g/mol. The third-order valence-corrected chi connectivity index (χ3v) is 3.35. The van der Waals surface area contributed by atoms with Gasteiger partial charge in [-0.15, -0.1) is 0 Å². The van der Waals surface area contributed by atoms with Gasteiger partial charge in [0.05, 0.1) is 11.8 Å². The zero-order valence-corrected chi connectivity index (χ0v) is 9.45. The van der Waals surface area contributed by atoms with Crippen molar-refractivity contribution in [1.29, 1.82) is 0 Å². The number of carbonyl (C=O) groups is 1. The van der Waals surface area contributed by atoms with E-state index >= 15 is 0 Å². The lowest BCUT2D eigenvalue weighted by molar-refractivity contribution is 0.0864. The van der Waals surface area contributed by atoms with Gasteiger partial charge in [-0.3, -0.25) is 9.78 Å². The molecule has 16 heavy (non-hydrogen) atoms. The van der Waals surface area contributed by atoms with Gasteiger partial charge in [-0.2, -0.15) is 0 Å². The predicted octanol–water partition coefficient (Wildman–Crippen LogP) is 3.23. The Labute approximate surface area is 94.9 Å². The quantitative estimate of drug-likeness (QED) is 0.718. The number of hydrogen-bond donors (Lipinski definition) is 0. The summed E-state index contributed by atoms with van der Waals surface area (Å²) in [6, 6.07) is 1.48. The van der Waals surface area contributed by atoms with E-state index < -0.39 is 5.82 Å². The van der Waals surface area contributed by atoms with E-state index in [1.165, 1.54) is 18.7 Å². The fourth-order valence-electron chi connectivity index (χ4n) is 2.47. The molecule has 86 valence electrons. The van der Waals surface area contributed by atoms with Gasteiger partial charge < -0.3 is 0 Å². The highest BCUT2D eigenvalue weighted by Gasteiger charge is 2.27. The molecular weight excluding hydrogens is 205 g/mol. The third-order valence-electron chi connectivity index (χ3n) is 3.35. The van der Waals surface area contributed by atoms with Crippen LogP contribution >= 0.6 is 0 Å². The highest BCUT2D eigenvalue weighted by atomic mass is 19.1. The zero-order valence-electron chi connectivity index (χ0n) is 9.45. The molecule has 0 N–H and O–H groups in total. The van der Waals surface area contributed by atoms with Crippen LogP contribution in [-0.4, -0.2) is 10.8 Å². The van der Waals surface area contributed by atoms with Crippen LogP contribution in [0.5, 0.6) is 0 Å². The first-order valence-corrected chi connectivity index (χ1v) is 5.82. The van der Waals surface area contributed by atoms with Crippen LogP contribution in [0.4, 0.5) is 4.39 Å². The summed E-state index contributed by atoms with van der Waals surface area (Å²) < 4.78 is 13.4. The minimum Gasteiger partial charge on any atom is -0.294 e. The summed E-state index contributed by atoms with van der Waals surface area (Å²) in [5.74, 6) is 0.0328. The number of nitrogens with zero attached hydrogens (tertiary/aromatic N) is 1. The number of carbonyl (C=O) groups excluding carboxylic acids is 1. The van der Waals surface area contributed by atoms with Gasteiger partial charge in [-0.05, 0) is 24.8 Å². The lowest BCUT2D eigenvalue weighted by atomic mass is 9.79. The first-order valence-electron chi connectivity index (χ1n) is 5.82. The first-order chi connectivity index (χ1) is 7.68. The summed E-state index contributed by atoms with van der Waals surface area (Å²) in [4.78, 5) is 15.8. The minimum atomic E-state index is -0.495. The Morgan fingerprint density at radius 1 is 1.50 bits per heavy atom. The number of hydrogen-bond acceptors (Lipinski definition) is 2. The number of rotatable bonds is 2. The van der Waals surface area contributed by atoms with Crippen LogP contribution in [0.3, 0.4) is 0 Å². The smallest absolute Gasteiger partial charge is 0.169 e. The average molecular weight is 221 g/mol. The fourth-order valence-corrected chi connectivity index (χ4v) is 2.47. The van der Waals surface area contributed by atoms with Crippen LogP contribution in [0.25, 0.3) is 0 Å². The predicted molar refractivity (Wildman–Crippen MR) is 59.6 cm³/mol. The average Bonchev–Trinajstić information content (AvgIpc) is 2.29. The minimum absolute atomic E-state index is 0.000602. The number of Topliss-reactive ketones (excluding diaryl/α,β-unsaturated/α-hetero) is 1. The molecule has 1 fully saturated rings. The second kappa shape index (κ2) is 4.73. The van der Waals surface area contributed by atoms with E-state index in [9.17, 15) is 9.18 Å². The Kier molecular flexibility index (Phi) is 3.32. The van der Waals surface area contributed by atoms with Gasteiger partial charge in [-0.25, -0.2) is 4.39 Å². The molecule has 0 bridgehead atoms. The summed E-state index contributed by atoms with van der Waals surface area (Å²) in [6.45, 7) is 2.16. The van der Waals surface area contributed by atoms with Crippen LogP contribution < -0.4 is 0 Å². The highest BCUT2D eigenvalue weighted by molar-refractivity contribution is 5.98. The molecule has 0 radical (unpaired) electrons. The van der Waals surface area contributed by atoms with E-state index in [4.69, 9.17) is 0 Å². The molecule has 2 atom stereocenters. The van der Waals surface area contributed by atoms with Gasteiger partial charge in [-0.1, -0.05) is 19.8 Å². The summed E-state index contributed by atoms with van der Waals surface area (Å²) in [5.41, 5.74) is 0.203. The van der Waals surface area contributed by atoms with E-state index in [-0.39, 0.29) is 17.3 Å². The Hall–Kier alpha value is -1.25. The maximum atomic E-state index is 13.4. The van der Waals surface area contributed by atoms with Crippen molar-refractivity contribution in [3.63, 3.8) is 0 Å². The summed E-state index contributed by atoms with van der Waals surface area (Å²) in [7, 11) is 0. The Balaban J connectivity index is 2.16. The van der Waals surface area contributed by atoms with Crippen LogP contribution in [0.15, 0.2) is 18.5 Å². The third kappa shape index (κ3) is 2.29. The second-order valence-corrected chi connectivity index (χ2v) is 4.69. The van der Waals surface area contributed by atoms with Gasteiger partial charge in [0.1, 0.15) is 0 Å². The molecule has 0 aromatic carbocycles. The molecule has 1 aromatic rings. The molecule has 1 aliphatic rings. The van der Waals surface area contributed by atoms with E-state index in [1.807, 2.05) is 0 Å². The normalized spacial score (nSPS) is 25.4. The van der Waals surface area contributed by atoms with Crippen molar-refractivity contribution >= 4 is 5.78 Å². The molecule has 1 heterocycles. The van der Waals surface area contributed by atoms with E-state index in [0.717, 1.165) is 25.5 Å². The summed E-state index contributed by atoms with van der Waals surface area (Å²) >= 11 is 0. The number of halogens is 1. The lowest BCUT2D eigenvalue weighted by Gasteiger charge is -2.25. The summed E-state index contributed by atoms with van der Waals surface area (Å²) in [5, 5.41) is 0. The van der Waals surface area contributed by atoms with Crippen LogP contribution in [-0.2, 0) is 0 Å². The number of ketones is 1. The molecule has 3 heteroatoms. The molecule has 1 aromatic heterocycles. The summed E-state index contributed by atoms with van der Waals surface area (Å²) in [6.07, 6.45) is 6.63. The van der Waals surface area contributed by atoms with E-state index in [1.54, 1.807) is 0 Å². The molecule has 1 aliphatic carbocycles. The van der Waals surface area contributed by atoms with Crippen molar-refractivity contribution in [3.8, 4) is 0 Å². The molecule has 2 rings (SSSR count). The molecule has 0 aliphatic heterocycles. The van der Waals surface area contributed by atoms with Crippen LogP contribution in [0.1, 0.15) is 43.0 Å². The Bertz CT molecular complexity index is 391. The van der Waals surface area contributed by atoms with Crippen molar-refractivity contribution in [2.24, 2.45) is 11.8 Å². The maximum Gasteiger partial charge on any atom is 0.169 e. The van der Waals surface area contributed by atoms with Gasteiger partial charge >= 0.3 is 0 Å². The molecule has 2 nitrogen and oxygen atoms in total. The lowest BCUT2D eigenvalue weighted by Crippen LogP contribution is -2.22. The maximum absolute atomic E-state index is 13.4. The topological polar surface area (TPSA) is 30.0 Å². The van der Waals surface area contributed by atoms with Crippen molar-refractivity contribution in [1.82, 2.24) is 4.98 Å². The number of aromatic nitrogens is 1. The molecule has 1 saturated carbocycles. The second-order valence-electron chi connectivity index (χ2n) is 4.69. The molecule has 0 amide bonds. The van der Waals surface area contributed by atoms with Crippen LogP contribution in [0, 0.1) is 17.7 Å². The molecular formula is C13H16FNO. The van der Waals surface area contributed by atoms with Crippen molar-refractivity contribution in [3.05, 3.63) is 29.8 Å². The largest absolute Gasteiger partial charge is 0.294 e. The first kappa shape index (κ1) is 11.2. The van der Waals surface area contributed by atoms with Gasteiger partial charge in [0.2, 0.25) is 0 Å². The molecule has 0 spiro atoms. The number of pyridine rings is 1. The van der Waals surface area contributed by atoms with Crippen LogP contribution in [0.2, 0.25) is 0 Å². The molecule has 2 unspecified atom stereocenters.